The first-order valence-electron chi connectivity index (χ1n) is 9.20. The lowest BCUT2D eigenvalue weighted by Crippen LogP contribution is -2.38. The second-order valence-corrected chi connectivity index (χ2v) is 9.24. The maximum atomic E-state index is 12.5. The average molecular weight is 438 g/mol. The van der Waals surface area contributed by atoms with E-state index in [4.69, 9.17) is 16.3 Å². The fourth-order valence-corrected chi connectivity index (χ4v) is 4.33. The van der Waals surface area contributed by atoms with Crippen LogP contribution >= 0.6 is 11.6 Å². The molecule has 2 aromatic rings. The van der Waals surface area contributed by atoms with E-state index in [0.717, 1.165) is 29.3 Å². The molecule has 156 valence electrons. The summed E-state index contributed by atoms with van der Waals surface area (Å²) < 4.78 is 31.0. The van der Waals surface area contributed by atoms with Crippen LogP contribution in [0.15, 0.2) is 42.5 Å². The molecule has 0 aromatic heterocycles. The Kier molecular flexibility index (Phi) is 6.66. The van der Waals surface area contributed by atoms with E-state index in [1.54, 1.807) is 37.3 Å². The molecule has 1 heterocycles. The van der Waals surface area contributed by atoms with Gasteiger partial charge in [-0.3, -0.25) is 9.10 Å². The van der Waals surface area contributed by atoms with Crippen LogP contribution in [0, 0.1) is 6.92 Å². The SMILES string of the molecule is Cc1cc(Cl)ccc1N(CC(=O)Nc1ccc(N2CCOCC2)cc1)S(C)(=O)=O. The van der Waals surface area contributed by atoms with Crippen LogP contribution in [0.25, 0.3) is 0 Å². The summed E-state index contributed by atoms with van der Waals surface area (Å²) >= 11 is 5.96. The Hall–Kier alpha value is -2.29. The van der Waals surface area contributed by atoms with Crippen LogP contribution in [-0.4, -0.2) is 53.4 Å². The number of morpholine rings is 1. The number of hydrogen-bond donors (Lipinski definition) is 1. The largest absolute Gasteiger partial charge is 0.378 e. The number of hydrogen-bond acceptors (Lipinski definition) is 5. The van der Waals surface area contributed by atoms with E-state index < -0.39 is 15.9 Å². The van der Waals surface area contributed by atoms with Crippen LogP contribution < -0.4 is 14.5 Å². The Morgan fingerprint density at radius 2 is 1.83 bits per heavy atom. The van der Waals surface area contributed by atoms with E-state index in [2.05, 4.69) is 10.2 Å². The molecular weight excluding hydrogens is 414 g/mol. The second kappa shape index (κ2) is 9.02. The highest BCUT2D eigenvalue weighted by Crippen LogP contribution is 2.26. The normalized spacial score (nSPS) is 14.5. The van der Waals surface area contributed by atoms with Gasteiger partial charge in [0.05, 0.1) is 25.2 Å². The van der Waals surface area contributed by atoms with Crippen molar-refractivity contribution in [3.63, 3.8) is 0 Å². The van der Waals surface area contributed by atoms with Gasteiger partial charge in [0.1, 0.15) is 6.54 Å². The number of sulfonamides is 1. The molecule has 0 radical (unpaired) electrons. The topological polar surface area (TPSA) is 79.0 Å². The summed E-state index contributed by atoms with van der Waals surface area (Å²) in [7, 11) is -3.65. The zero-order valence-corrected chi connectivity index (χ0v) is 18.0. The van der Waals surface area contributed by atoms with Crippen LogP contribution in [0.5, 0.6) is 0 Å². The van der Waals surface area contributed by atoms with Crippen molar-refractivity contribution in [2.24, 2.45) is 0 Å². The molecular formula is C20H24ClN3O4S. The molecule has 0 bridgehead atoms. The fraction of sp³-hybridized carbons (Fsp3) is 0.350. The molecule has 3 rings (SSSR count). The molecule has 0 spiro atoms. The first-order chi connectivity index (χ1) is 13.7. The molecule has 1 N–H and O–H groups in total. The Morgan fingerprint density at radius 3 is 2.41 bits per heavy atom. The lowest BCUT2D eigenvalue weighted by molar-refractivity contribution is -0.114. The van der Waals surface area contributed by atoms with Crippen molar-refractivity contribution in [2.75, 3.05) is 53.6 Å². The number of benzene rings is 2. The highest BCUT2D eigenvalue weighted by molar-refractivity contribution is 7.92. The first-order valence-corrected chi connectivity index (χ1v) is 11.4. The van der Waals surface area contributed by atoms with E-state index in [0.29, 0.717) is 35.2 Å². The second-order valence-electron chi connectivity index (χ2n) is 6.89. The van der Waals surface area contributed by atoms with Gasteiger partial charge in [-0.05, 0) is 55.0 Å². The molecule has 29 heavy (non-hydrogen) atoms. The van der Waals surface area contributed by atoms with E-state index >= 15 is 0 Å². The van der Waals surface area contributed by atoms with Crippen molar-refractivity contribution in [1.82, 2.24) is 0 Å². The van der Waals surface area contributed by atoms with Crippen molar-refractivity contribution >= 4 is 44.6 Å². The predicted molar refractivity (Wildman–Crippen MR) is 116 cm³/mol. The number of ether oxygens (including phenoxy) is 1. The number of halogens is 1. The van der Waals surface area contributed by atoms with Crippen LogP contribution in [-0.2, 0) is 19.6 Å². The van der Waals surface area contributed by atoms with Crippen LogP contribution in [0.1, 0.15) is 5.56 Å². The lowest BCUT2D eigenvalue weighted by atomic mass is 10.2. The van der Waals surface area contributed by atoms with Gasteiger partial charge >= 0.3 is 0 Å². The molecule has 1 aliphatic heterocycles. The number of nitrogens with one attached hydrogen (secondary N) is 1. The minimum atomic E-state index is -3.65. The Morgan fingerprint density at radius 1 is 1.17 bits per heavy atom. The molecule has 0 saturated carbocycles. The number of nitrogens with zero attached hydrogens (tertiary/aromatic N) is 2. The Balaban J connectivity index is 1.70. The third-order valence-corrected chi connectivity index (χ3v) is 6.00. The van der Waals surface area contributed by atoms with Gasteiger partial charge in [0.15, 0.2) is 0 Å². The highest BCUT2D eigenvalue weighted by Gasteiger charge is 2.22. The van der Waals surface area contributed by atoms with Gasteiger partial charge in [-0.15, -0.1) is 0 Å². The molecule has 1 saturated heterocycles. The van der Waals surface area contributed by atoms with E-state index in [-0.39, 0.29) is 6.54 Å². The van der Waals surface area contributed by atoms with E-state index in [1.807, 2.05) is 12.1 Å². The van der Waals surface area contributed by atoms with Gasteiger partial charge in [0, 0.05) is 29.5 Å². The van der Waals surface area contributed by atoms with Crippen molar-refractivity contribution < 1.29 is 17.9 Å². The zero-order chi connectivity index (χ0) is 21.0. The number of carbonyl (C=O) groups is 1. The quantitative estimate of drug-likeness (QED) is 0.751. The molecule has 0 unspecified atom stereocenters. The average Bonchev–Trinajstić information content (AvgIpc) is 2.67. The molecule has 1 aliphatic rings. The first kappa shape index (κ1) is 21.4. The minimum Gasteiger partial charge on any atom is -0.378 e. The summed E-state index contributed by atoms with van der Waals surface area (Å²) in [6, 6.07) is 12.3. The fourth-order valence-electron chi connectivity index (χ4n) is 3.19. The van der Waals surface area contributed by atoms with Gasteiger partial charge in [-0.1, -0.05) is 11.6 Å². The van der Waals surface area contributed by atoms with Gasteiger partial charge in [-0.2, -0.15) is 0 Å². The summed E-state index contributed by atoms with van der Waals surface area (Å²) in [5, 5.41) is 3.27. The minimum absolute atomic E-state index is 0.327. The summed E-state index contributed by atoms with van der Waals surface area (Å²) in [5.74, 6) is -0.427. The maximum Gasteiger partial charge on any atom is 0.245 e. The number of amides is 1. The monoisotopic (exact) mass is 437 g/mol. The van der Waals surface area contributed by atoms with Gasteiger partial charge in [0.2, 0.25) is 15.9 Å². The summed E-state index contributed by atoms with van der Waals surface area (Å²) in [6.45, 7) is 4.48. The van der Waals surface area contributed by atoms with Gasteiger partial charge in [0.25, 0.3) is 0 Å². The Bertz CT molecular complexity index is 974. The Labute approximate surface area is 176 Å². The predicted octanol–water partition coefficient (Wildman–Crippen LogP) is 2.89. The van der Waals surface area contributed by atoms with Gasteiger partial charge < -0.3 is 15.0 Å². The van der Waals surface area contributed by atoms with Gasteiger partial charge in [-0.25, -0.2) is 8.42 Å². The van der Waals surface area contributed by atoms with Crippen LogP contribution in [0.4, 0.5) is 17.1 Å². The number of anilines is 3. The number of rotatable bonds is 6. The standard InChI is InChI=1S/C20H24ClN3O4S/c1-15-13-16(21)3-8-19(15)24(29(2,26)27)14-20(25)22-17-4-6-18(7-5-17)23-9-11-28-12-10-23/h3-8,13H,9-12,14H2,1-2H3,(H,22,25). The van der Waals surface area contributed by atoms with E-state index in [9.17, 15) is 13.2 Å². The molecule has 1 amide bonds. The van der Waals surface area contributed by atoms with Crippen molar-refractivity contribution in [3.05, 3.63) is 53.1 Å². The van der Waals surface area contributed by atoms with Crippen LogP contribution in [0.3, 0.4) is 0 Å². The summed E-state index contributed by atoms with van der Waals surface area (Å²) in [6.07, 6.45) is 1.07. The van der Waals surface area contributed by atoms with E-state index in [1.165, 1.54) is 0 Å². The van der Waals surface area contributed by atoms with Crippen molar-refractivity contribution in [1.29, 1.82) is 0 Å². The molecule has 1 fully saturated rings. The third kappa shape index (κ3) is 5.62. The third-order valence-electron chi connectivity index (χ3n) is 4.64. The van der Waals surface area contributed by atoms with Crippen molar-refractivity contribution in [3.8, 4) is 0 Å². The molecule has 9 heteroatoms. The lowest BCUT2D eigenvalue weighted by Gasteiger charge is -2.29. The molecule has 7 nitrogen and oxygen atoms in total. The maximum absolute atomic E-state index is 12.5. The highest BCUT2D eigenvalue weighted by atomic mass is 35.5. The molecule has 0 atom stereocenters. The summed E-state index contributed by atoms with van der Waals surface area (Å²) in [5.41, 5.74) is 2.76. The number of carbonyl (C=O) groups excluding carboxylic acids is 1. The summed E-state index contributed by atoms with van der Waals surface area (Å²) in [4.78, 5) is 14.7. The van der Waals surface area contributed by atoms with Crippen molar-refractivity contribution in [2.45, 2.75) is 6.92 Å². The molecule has 0 aliphatic carbocycles. The smallest absolute Gasteiger partial charge is 0.245 e. The number of aryl methyl sites for hydroxylation is 1. The zero-order valence-electron chi connectivity index (χ0n) is 16.4. The van der Waals surface area contributed by atoms with Crippen LogP contribution in [0.2, 0.25) is 5.02 Å². The molecule has 2 aromatic carbocycles.